The number of nitrogens with two attached hydrogens (primary N) is 1. The summed E-state index contributed by atoms with van der Waals surface area (Å²) < 4.78 is 44.0. The topological polar surface area (TPSA) is 26.0 Å². The largest absolute Gasteiger partial charge is 0.325 e. The molecule has 0 saturated heterocycles. The molecule has 0 aliphatic rings. The summed E-state index contributed by atoms with van der Waals surface area (Å²) in [5, 5.41) is 0. The second-order valence-electron chi connectivity index (χ2n) is 2.63. The van der Waals surface area contributed by atoms with Gasteiger partial charge >= 0.3 is 0 Å². The van der Waals surface area contributed by atoms with Gasteiger partial charge in [-0.3, -0.25) is 0 Å². The van der Waals surface area contributed by atoms with Crippen LogP contribution in [0.1, 0.15) is 27.5 Å². The predicted octanol–water partition coefficient (Wildman–Crippen LogP) is 2.39. The van der Waals surface area contributed by atoms with Crippen molar-refractivity contribution in [3.63, 3.8) is 0 Å². The molecule has 1 aromatic rings. The lowest BCUT2D eigenvalue weighted by Gasteiger charge is -2.17. The van der Waals surface area contributed by atoms with Crippen molar-refractivity contribution in [1.29, 1.82) is 0 Å². The van der Waals surface area contributed by atoms with E-state index >= 15 is 0 Å². The number of halogens is 1. The van der Waals surface area contributed by atoms with E-state index in [0.29, 0.717) is 5.56 Å². The number of hydrogen-bond donors (Lipinski definition) is 1. The Morgan fingerprint density at radius 3 is 2.42 bits per heavy atom. The first-order valence-electron chi connectivity index (χ1n) is 6.41. The highest BCUT2D eigenvalue weighted by molar-refractivity contribution is 5.85. The molecule has 0 aromatic heterocycles. The average molecular weight is 192 g/mol. The van der Waals surface area contributed by atoms with Crippen LogP contribution in [0.25, 0.3) is 0 Å². The summed E-state index contributed by atoms with van der Waals surface area (Å²) in [6.07, 6.45) is -0.208. The van der Waals surface area contributed by atoms with E-state index in [2.05, 4.69) is 0 Å². The van der Waals surface area contributed by atoms with Crippen molar-refractivity contribution in [3.05, 3.63) is 35.9 Å². The molecule has 0 saturated carbocycles. The lowest BCUT2D eigenvalue weighted by atomic mass is 9.96. The first-order chi connectivity index (χ1) is 7.58. The van der Waals surface area contributed by atoms with Crippen LogP contribution >= 0.6 is 12.4 Å². The summed E-state index contributed by atoms with van der Waals surface area (Å²) in [5.41, 5.74) is 4.04. The Hall–Kier alpha value is -0.530. The Bertz CT molecular complexity index is 358. The van der Waals surface area contributed by atoms with Gasteiger partial charge in [0.25, 0.3) is 0 Å². The van der Waals surface area contributed by atoms with Crippen LogP contribution in [0.4, 0.5) is 0 Å². The van der Waals surface area contributed by atoms with Gasteiger partial charge in [0.1, 0.15) is 0 Å². The van der Waals surface area contributed by atoms with Crippen molar-refractivity contribution in [3.8, 4) is 0 Å². The Kier molecular flexibility index (Phi) is 1.73. The van der Waals surface area contributed by atoms with E-state index in [1.807, 2.05) is 0 Å². The third kappa shape index (κ3) is 4.37. The molecule has 68 valence electrons. The second kappa shape index (κ2) is 4.48. The maximum atomic E-state index is 7.34. The molecule has 2 heteroatoms. The predicted molar refractivity (Wildman–Crippen MR) is 55.7 cm³/mol. The van der Waals surface area contributed by atoms with Crippen molar-refractivity contribution in [2.75, 3.05) is 0 Å². The van der Waals surface area contributed by atoms with Gasteiger partial charge in [0.2, 0.25) is 0 Å². The standard InChI is InChI=1S/C10H15N.ClH/c1-10(2,11)8-9-6-4-3-5-7-9;/h3-7H,8,11H2,1-2H3;1H/i1D3,2D3;. The molecule has 0 atom stereocenters. The summed E-state index contributed by atoms with van der Waals surface area (Å²) in [6.45, 7) is -5.48. The van der Waals surface area contributed by atoms with Gasteiger partial charge in [0.15, 0.2) is 0 Å². The average Bonchev–Trinajstić information content (AvgIpc) is 2.15. The monoisotopic (exact) mass is 191 g/mol. The van der Waals surface area contributed by atoms with Crippen molar-refractivity contribution in [2.45, 2.75) is 25.7 Å². The van der Waals surface area contributed by atoms with Gasteiger partial charge in [-0.1, -0.05) is 30.3 Å². The summed E-state index contributed by atoms with van der Waals surface area (Å²) in [4.78, 5) is 0. The zero-order chi connectivity index (χ0) is 13.3. The third-order valence-electron chi connectivity index (χ3n) is 1.33. The number of rotatable bonds is 2. The molecule has 0 aliphatic heterocycles. The quantitative estimate of drug-likeness (QED) is 0.764. The molecule has 0 unspecified atom stereocenters. The van der Waals surface area contributed by atoms with Crippen LogP contribution < -0.4 is 5.73 Å². The smallest absolute Gasteiger partial charge is 0.0249 e. The molecule has 0 amide bonds. The molecule has 2 N–H and O–H groups in total. The van der Waals surface area contributed by atoms with Crippen LogP contribution in [-0.4, -0.2) is 5.54 Å². The third-order valence-corrected chi connectivity index (χ3v) is 1.33. The molecule has 0 spiro atoms. The van der Waals surface area contributed by atoms with Gasteiger partial charge in [-0.25, -0.2) is 0 Å². The first kappa shape index (κ1) is 4.64. The summed E-state index contributed by atoms with van der Waals surface area (Å²) in [6, 6.07) is 8.54. The Labute approximate surface area is 88.8 Å². The number of hydrogen-bond acceptors (Lipinski definition) is 1. The molecular weight excluding hydrogens is 170 g/mol. The fourth-order valence-corrected chi connectivity index (χ4v) is 0.918. The van der Waals surface area contributed by atoms with Crippen molar-refractivity contribution in [2.24, 2.45) is 5.73 Å². The highest BCUT2D eigenvalue weighted by Crippen LogP contribution is 2.08. The first-order valence-corrected chi connectivity index (χ1v) is 3.41. The Morgan fingerprint density at radius 1 is 1.33 bits per heavy atom. The van der Waals surface area contributed by atoms with Crippen molar-refractivity contribution < 1.29 is 8.22 Å². The minimum Gasteiger partial charge on any atom is -0.325 e. The maximum absolute atomic E-state index is 7.34. The Balaban J connectivity index is 0.00000289. The van der Waals surface area contributed by atoms with Crippen LogP contribution in [0.5, 0.6) is 0 Å². The van der Waals surface area contributed by atoms with E-state index < -0.39 is 19.2 Å². The van der Waals surface area contributed by atoms with E-state index in [1.165, 1.54) is 0 Å². The van der Waals surface area contributed by atoms with Gasteiger partial charge in [-0.2, -0.15) is 0 Å². The molecule has 0 bridgehead atoms. The molecule has 0 fully saturated rings. The van der Waals surface area contributed by atoms with Gasteiger partial charge in [0.05, 0.1) is 0 Å². The fourth-order valence-electron chi connectivity index (χ4n) is 0.918. The Morgan fingerprint density at radius 2 is 1.92 bits per heavy atom. The van der Waals surface area contributed by atoms with E-state index in [-0.39, 0.29) is 18.8 Å². The fraction of sp³-hybridized carbons (Fsp3) is 0.400. The maximum Gasteiger partial charge on any atom is 0.0249 e. The van der Waals surface area contributed by atoms with E-state index in [4.69, 9.17) is 14.0 Å². The molecular formula is C10H16ClN. The zero-order valence-corrected chi connectivity index (χ0v) is 7.40. The lowest BCUT2D eigenvalue weighted by molar-refractivity contribution is 0.517. The van der Waals surface area contributed by atoms with Crippen LogP contribution in [0.3, 0.4) is 0 Å². The minimum atomic E-state index is -2.74. The molecule has 0 radical (unpaired) electrons. The molecule has 12 heavy (non-hydrogen) atoms. The van der Waals surface area contributed by atoms with Gasteiger partial charge in [0, 0.05) is 13.8 Å². The molecule has 0 aliphatic carbocycles. The normalized spacial score (nSPS) is 20.1. The lowest BCUT2D eigenvalue weighted by Crippen LogP contribution is -2.34. The summed E-state index contributed by atoms with van der Waals surface area (Å²) >= 11 is 0. The van der Waals surface area contributed by atoms with Crippen molar-refractivity contribution in [1.82, 2.24) is 0 Å². The van der Waals surface area contributed by atoms with Crippen LogP contribution in [0.15, 0.2) is 30.3 Å². The minimum absolute atomic E-state index is 0. The van der Waals surface area contributed by atoms with Crippen molar-refractivity contribution >= 4 is 12.4 Å². The van der Waals surface area contributed by atoms with E-state index in [1.54, 1.807) is 30.3 Å². The summed E-state index contributed by atoms with van der Waals surface area (Å²) in [5.74, 6) is 0. The van der Waals surface area contributed by atoms with Crippen LogP contribution in [0, 0.1) is 0 Å². The van der Waals surface area contributed by atoms with Gasteiger partial charge in [-0.05, 0) is 25.7 Å². The zero-order valence-electron chi connectivity index (χ0n) is 12.6. The highest BCUT2D eigenvalue weighted by Gasteiger charge is 2.10. The molecule has 1 rings (SSSR count). The SMILES string of the molecule is Cl.[2H]C([2H])([2H])C(N)(Cc1ccccc1)C([2H])([2H])[2H]. The summed E-state index contributed by atoms with van der Waals surface area (Å²) in [7, 11) is 0. The highest BCUT2D eigenvalue weighted by atomic mass is 35.5. The second-order valence-corrected chi connectivity index (χ2v) is 2.63. The van der Waals surface area contributed by atoms with Gasteiger partial charge < -0.3 is 5.73 Å². The molecule has 1 aromatic carbocycles. The van der Waals surface area contributed by atoms with Crippen LogP contribution in [0.2, 0.25) is 0 Å². The van der Waals surface area contributed by atoms with E-state index in [9.17, 15) is 0 Å². The molecule has 0 heterocycles. The molecule has 1 nitrogen and oxygen atoms in total. The number of benzene rings is 1. The van der Waals surface area contributed by atoms with E-state index in [0.717, 1.165) is 0 Å². The van der Waals surface area contributed by atoms with Crippen LogP contribution in [-0.2, 0) is 6.42 Å². The van der Waals surface area contributed by atoms with Gasteiger partial charge in [-0.15, -0.1) is 12.4 Å².